The van der Waals surface area contributed by atoms with E-state index in [1.807, 2.05) is 12.1 Å². The van der Waals surface area contributed by atoms with Crippen molar-refractivity contribution in [2.45, 2.75) is 37.0 Å². The van der Waals surface area contributed by atoms with Gasteiger partial charge in [-0.25, -0.2) is 0 Å². The second-order valence-corrected chi connectivity index (χ2v) is 6.79. The first-order chi connectivity index (χ1) is 9.65. The van der Waals surface area contributed by atoms with E-state index in [2.05, 4.69) is 0 Å². The zero-order chi connectivity index (χ0) is 14.1. The first-order valence-corrected chi connectivity index (χ1v) is 8.15. The number of hydrogen-bond donors (Lipinski definition) is 1. The van der Waals surface area contributed by atoms with Crippen molar-refractivity contribution in [3.8, 4) is 0 Å². The molecule has 1 aliphatic carbocycles. The molecule has 4 heteroatoms. The lowest BCUT2D eigenvalue weighted by Crippen LogP contribution is -2.27. The summed E-state index contributed by atoms with van der Waals surface area (Å²) in [7, 11) is 0. The molecule has 1 heterocycles. The van der Waals surface area contributed by atoms with Crippen LogP contribution in [0.1, 0.15) is 41.6 Å². The topological polar surface area (TPSA) is 54.4 Å². The second-order valence-electron chi connectivity index (χ2n) is 5.73. The van der Waals surface area contributed by atoms with Gasteiger partial charge in [-0.1, -0.05) is 18.9 Å². The highest BCUT2D eigenvalue weighted by Crippen LogP contribution is 2.41. The van der Waals surface area contributed by atoms with Gasteiger partial charge in [0.25, 0.3) is 0 Å². The Bertz CT molecular complexity index is 553. The van der Waals surface area contributed by atoms with E-state index in [9.17, 15) is 9.59 Å². The summed E-state index contributed by atoms with van der Waals surface area (Å²) >= 11 is 1.76. The van der Waals surface area contributed by atoms with Gasteiger partial charge in [0.15, 0.2) is 5.78 Å². The molecule has 0 spiro atoms. The Hall–Kier alpha value is -1.29. The van der Waals surface area contributed by atoms with Gasteiger partial charge in [-0.05, 0) is 36.5 Å². The van der Waals surface area contributed by atoms with Crippen LogP contribution in [0.3, 0.4) is 0 Å². The maximum Gasteiger partial charge on any atom is 0.307 e. The molecule has 1 fully saturated rings. The van der Waals surface area contributed by atoms with Crippen molar-refractivity contribution in [1.82, 2.24) is 0 Å². The minimum atomic E-state index is -0.853. The maximum atomic E-state index is 12.7. The molecule has 3 nitrogen and oxygen atoms in total. The number of ketones is 1. The lowest BCUT2D eigenvalue weighted by atomic mass is 9.76. The molecule has 1 aromatic carbocycles. The van der Waals surface area contributed by atoms with Crippen molar-refractivity contribution in [1.29, 1.82) is 0 Å². The van der Waals surface area contributed by atoms with Gasteiger partial charge in [0.2, 0.25) is 0 Å². The summed E-state index contributed by atoms with van der Waals surface area (Å²) in [6, 6.07) is 5.56. The number of Topliss-reactive ketones (excluding diaryl/α,β-unsaturated/α-hetero) is 1. The largest absolute Gasteiger partial charge is 0.481 e. The van der Waals surface area contributed by atoms with E-state index in [-0.39, 0.29) is 18.1 Å². The van der Waals surface area contributed by atoms with Crippen LogP contribution in [0.2, 0.25) is 0 Å². The molecule has 2 aliphatic rings. The molecule has 1 aromatic rings. The number of fused-ring (bicyclic) bond motifs is 2. The Morgan fingerprint density at radius 1 is 1.30 bits per heavy atom. The SMILES string of the molecule is O=C(O)Cc1ccc2c(c1)C(=O)[C@H]1CCCC[C@@H]1CS2. The monoisotopic (exact) mass is 290 g/mol. The maximum absolute atomic E-state index is 12.7. The Morgan fingerprint density at radius 3 is 2.90 bits per heavy atom. The van der Waals surface area contributed by atoms with Crippen molar-refractivity contribution < 1.29 is 14.7 Å². The van der Waals surface area contributed by atoms with E-state index >= 15 is 0 Å². The molecule has 1 N–H and O–H groups in total. The molecule has 1 saturated carbocycles. The molecular formula is C16H18O3S. The highest BCUT2D eigenvalue weighted by Gasteiger charge is 2.35. The normalized spacial score (nSPS) is 25.5. The van der Waals surface area contributed by atoms with Crippen LogP contribution >= 0.6 is 11.8 Å². The van der Waals surface area contributed by atoms with Crippen LogP contribution in [-0.2, 0) is 11.2 Å². The molecule has 0 bridgehead atoms. The van der Waals surface area contributed by atoms with Crippen molar-refractivity contribution in [2.75, 3.05) is 5.75 Å². The van der Waals surface area contributed by atoms with Crippen LogP contribution < -0.4 is 0 Å². The fourth-order valence-electron chi connectivity index (χ4n) is 3.33. The van der Waals surface area contributed by atoms with E-state index in [1.54, 1.807) is 17.8 Å². The quantitative estimate of drug-likeness (QED) is 0.907. The summed E-state index contributed by atoms with van der Waals surface area (Å²) in [4.78, 5) is 24.6. The molecule has 0 saturated heterocycles. The van der Waals surface area contributed by atoms with Gasteiger partial charge in [0.1, 0.15) is 0 Å². The highest BCUT2D eigenvalue weighted by molar-refractivity contribution is 7.99. The molecule has 2 atom stereocenters. The standard InChI is InChI=1S/C16H18O3S/c17-15(18)8-10-5-6-14-13(7-10)16(19)12-4-2-1-3-11(12)9-20-14/h5-7,11-12H,1-4,8-9H2,(H,17,18)/t11-,12+/m1/s1. The third kappa shape index (κ3) is 2.62. The number of carboxylic acid groups (broad SMARTS) is 1. The molecule has 3 rings (SSSR count). The average molecular weight is 290 g/mol. The van der Waals surface area contributed by atoms with Crippen molar-refractivity contribution in [3.05, 3.63) is 29.3 Å². The first-order valence-electron chi connectivity index (χ1n) is 7.17. The molecule has 106 valence electrons. The Morgan fingerprint density at radius 2 is 2.10 bits per heavy atom. The highest BCUT2D eigenvalue weighted by atomic mass is 32.2. The average Bonchev–Trinajstić information content (AvgIpc) is 2.57. The molecule has 20 heavy (non-hydrogen) atoms. The van der Waals surface area contributed by atoms with Crippen LogP contribution in [0, 0.1) is 11.8 Å². The number of aliphatic carboxylic acids is 1. The summed E-state index contributed by atoms with van der Waals surface area (Å²) in [5, 5.41) is 8.89. The number of rotatable bonds is 2. The molecule has 0 radical (unpaired) electrons. The molecule has 0 unspecified atom stereocenters. The van der Waals surface area contributed by atoms with Crippen LogP contribution in [0.15, 0.2) is 23.1 Å². The summed E-state index contributed by atoms with van der Waals surface area (Å²) in [6.07, 6.45) is 4.50. The molecular weight excluding hydrogens is 272 g/mol. The molecule has 1 aliphatic heterocycles. The fourth-order valence-corrected chi connectivity index (χ4v) is 4.60. The van der Waals surface area contributed by atoms with Gasteiger partial charge >= 0.3 is 5.97 Å². The Labute approximate surface area is 122 Å². The Balaban J connectivity index is 1.94. The number of carbonyl (C=O) groups excluding carboxylic acids is 1. The van der Waals surface area contributed by atoms with Crippen LogP contribution in [-0.4, -0.2) is 22.6 Å². The minimum Gasteiger partial charge on any atom is -0.481 e. The minimum absolute atomic E-state index is 0.0146. The van der Waals surface area contributed by atoms with E-state index in [1.165, 1.54) is 6.42 Å². The van der Waals surface area contributed by atoms with Crippen molar-refractivity contribution >= 4 is 23.5 Å². The van der Waals surface area contributed by atoms with Gasteiger partial charge in [-0.2, -0.15) is 0 Å². The van der Waals surface area contributed by atoms with Crippen molar-refractivity contribution in [3.63, 3.8) is 0 Å². The predicted octanol–water partition coefficient (Wildman–Crippen LogP) is 3.41. The first kappa shape index (κ1) is 13.7. The lowest BCUT2D eigenvalue weighted by molar-refractivity contribution is -0.136. The van der Waals surface area contributed by atoms with Gasteiger partial charge in [0, 0.05) is 22.1 Å². The third-order valence-electron chi connectivity index (χ3n) is 4.36. The lowest BCUT2D eigenvalue weighted by Gasteiger charge is -2.28. The van der Waals surface area contributed by atoms with E-state index in [0.717, 1.165) is 41.0 Å². The van der Waals surface area contributed by atoms with Gasteiger partial charge in [0.05, 0.1) is 6.42 Å². The zero-order valence-electron chi connectivity index (χ0n) is 11.3. The van der Waals surface area contributed by atoms with Crippen LogP contribution in [0.5, 0.6) is 0 Å². The fraction of sp³-hybridized carbons (Fsp3) is 0.500. The van der Waals surface area contributed by atoms with Crippen LogP contribution in [0.25, 0.3) is 0 Å². The van der Waals surface area contributed by atoms with Gasteiger partial charge < -0.3 is 5.11 Å². The summed E-state index contributed by atoms with van der Waals surface area (Å²) in [5.41, 5.74) is 1.47. The number of carboxylic acids is 1. The van der Waals surface area contributed by atoms with E-state index < -0.39 is 5.97 Å². The van der Waals surface area contributed by atoms with Crippen molar-refractivity contribution in [2.24, 2.45) is 11.8 Å². The zero-order valence-corrected chi connectivity index (χ0v) is 12.1. The molecule has 0 aromatic heterocycles. The van der Waals surface area contributed by atoms with E-state index in [4.69, 9.17) is 5.11 Å². The summed E-state index contributed by atoms with van der Waals surface area (Å²) in [5.74, 6) is 1.05. The molecule has 0 amide bonds. The number of benzene rings is 1. The van der Waals surface area contributed by atoms with Gasteiger partial charge in [-0.3, -0.25) is 9.59 Å². The summed E-state index contributed by atoms with van der Waals surface area (Å²) < 4.78 is 0. The third-order valence-corrected chi connectivity index (χ3v) is 5.63. The smallest absolute Gasteiger partial charge is 0.307 e. The number of thioether (sulfide) groups is 1. The summed E-state index contributed by atoms with van der Waals surface area (Å²) in [6.45, 7) is 0. The van der Waals surface area contributed by atoms with Gasteiger partial charge in [-0.15, -0.1) is 11.8 Å². The predicted molar refractivity (Wildman–Crippen MR) is 78.3 cm³/mol. The van der Waals surface area contributed by atoms with Crippen LogP contribution in [0.4, 0.5) is 0 Å². The Kier molecular flexibility index (Phi) is 3.83. The number of hydrogen-bond acceptors (Lipinski definition) is 3. The number of carbonyl (C=O) groups is 2. The second kappa shape index (κ2) is 5.60. The van der Waals surface area contributed by atoms with E-state index in [0.29, 0.717) is 5.92 Å².